The molecule has 0 bridgehead atoms. The summed E-state index contributed by atoms with van der Waals surface area (Å²) in [6.07, 6.45) is 3.93. The van der Waals surface area contributed by atoms with Gasteiger partial charge in [-0.2, -0.15) is 0 Å². The molecule has 1 aromatic heterocycles. The Morgan fingerprint density at radius 3 is 2.96 bits per heavy atom. The highest BCUT2D eigenvalue weighted by atomic mass is 19.1. The number of aromatic nitrogens is 1. The highest BCUT2D eigenvalue weighted by molar-refractivity contribution is 6.10. The van der Waals surface area contributed by atoms with E-state index in [0.29, 0.717) is 29.8 Å². The summed E-state index contributed by atoms with van der Waals surface area (Å²) in [6.45, 7) is 2.46. The Hall–Kier alpha value is -2.63. The molecule has 0 unspecified atom stereocenters. The van der Waals surface area contributed by atoms with Gasteiger partial charge in [-0.25, -0.2) is 9.18 Å². The number of fused-ring (bicyclic) bond motifs is 1. The average molecular weight is 330 g/mol. The summed E-state index contributed by atoms with van der Waals surface area (Å²) in [4.78, 5) is 12.3. The van der Waals surface area contributed by atoms with Crippen molar-refractivity contribution in [3.05, 3.63) is 58.7 Å². The smallest absolute Gasteiger partial charge is 0.340 e. The molecule has 1 aliphatic rings. The van der Waals surface area contributed by atoms with Crippen LogP contribution < -0.4 is 0 Å². The molecule has 0 saturated heterocycles. The predicted octanol–water partition coefficient (Wildman–Crippen LogP) is 3.37. The first-order valence-corrected chi connectivity index (χ1v) is 7.99. The Kier molecular flexibility index (Phi) is 4.64. The average Bonchev–Trinajstić information content (AvgIpc) is 2.94. The molecule has 0 aliphatic heterocycles. The molecule has 1 N–H and O–H groups in total. The fraction of sp³-hybridized carbons (Fsp3) is 0.333. The fourth-order valence-corrected chi connectivity index (χ4v) is 3.17. The molecule has 6 heteroatoms. The lowest BCUT2D eigenvalue weighted by atomic mass is 9.93. The van der Waals surface area contributed by atoms with Crippen molar-refractivity contribution in [3.8, 4) is 0 Å². The summed E-state index contributed by atoms with van der Waals surface area (Å²) < 4.78 is 20.5. The maximum absolute atomic E-state index is 13.4. The van der Waals surface area contributed by atoms with E-state index >= 15 is 0 Å². The number of oxime groups is 1. The molecule has 1 aromatic carbocycles. The second-order valence-electron chi connectivity index (χ2n) is 5.74. The van der Waals surface area contributed by atoms with Gasteiger partial charge in [-0.05, 0) is 43.9 Å². The number of hydrogen-bond acceptors (Lipinski definition) is 4. The third kappa shape index (κ3) is 3.04. The van der Waals surface area contributed by atoms with Crippen molar-refractivity contribution in [3.63, 3.8) is 0 Å². The number of hydrogen-bond donors (Lipinski definition) is 1. The Morgan fingerprint density at radius 1 is 1.42 bits per heavy atom. The molecule has 0 radical (unpaired) electrons. The zero-order valence-corrected chi connectivity index (χ0v) is 13.5. The molecule has 0 fully saturated rings. The third-order valence-corrected chi connectivity index (χ3v) is 4.16. The minimum absolute atomic E-state index is 0.272. The normalized spacial score (nSPS) is 15.3. The van der Waals surface area contributed by atoms with Crippen molar-refractivity contribution in [1.82, 2.24) is 4.57 Å². The van der Waals surface area contributed by atoms with Gasteiger partial charge in [0.1, 0.15) is 5.82 Å². The first kappa shape index (κ1) is 16.2. The van der Waals surface area contributed by atoms with Gasteiger partial charge < -0.3 is 14.5 Å². The number of benzene rings is 1. The number of halogens is 1. The predicted molar refractivity (Wildman–Crippen MR) is 87.2 cm³/mol. The Balaban J connectivity index is 2.05. The minimum Gasteiger partial charge on any atom is -0.462 e. The second kappa shape index (κ2) is 6.86. The molecule has 0 atom stereocenters. The quantitative estimate of drug-likeness (QED) is 0.531. The highest BCUT2D eigenvalue weighted by Crippen LogP contribution is 2.28. The molecule has 0 spiro atoms. The molecule has 2 aromatic rings. The Labute approximate surface area is 139 Å². The summed E-state index contributed by atoms with van der Waals surface area (Å²) >= 11 is 0. The van der Waals surface area contributed by atoms with E-state index in [1.54, 1.807) is 19.2 Å². The standard InChI is InChI=1S/C18H19FN2O3/c1-2-24-18(22)14-11-21(10-12-5-3-6-13(19)9-12)16-8-4-7-15(20-23)17(14)16/h3,5-6,9,11,23H,2,4,7-8,10H2,1H3/b20-15-. The summed E-state index contributed by atoms with van der Waals surface area (Å²) in [5, 5.41) is 12.6. The van der Waals surface area contributed by atoms with Crippen LogP contribution in [0.25, 0.3) is 0 Å². The lowest BCUT2D eigenvalue weighted by Gasteiger charge is -2.17. The summed E-state index contributed by atoms with van der Waals surface area (Å²) in [5.41, 5.74) is 3.27. The van der Waals surface area contributed by atoms with Gasteiger partial charge in [0.2, 0.25) is 0 Å². The zero-order chi connectivity index (χ0) is 17.1. The number of esters is 1. The van der Waals surface area contributed by atoms with Crippen LogP contribution in [-0.2, 0) is 17.7 Å². The molecular formula is C18H19FN2O3. The number of carbonyl (C=O) groups is 1. The van der Waals surface area contributed by atoms with Crippen molar-refractivity contribution >= 4 is 11.7 Å². The van der Waals surface area contributed by atoms with Crippen LogP contribution in [-0.4, -0.2) is 28.1 Å². The molecule has 1 heterocycles. The van der Waals surface area contributed by atoms with E-state index in [1.165, 1.54) is 12.1 Å². The lowest BCUT2D eigenvalue weighted by molar-refractivity contribution is 0.0526. The van der Waals surface area contributed by atoms with Crippen molar-refractivity contribution in [2.45, 2.75) is 32.7 Å². The van der Waals surface area contributed by atoms with Gasteiger partial charge in [-0.3, -0.25) is 0 Å². The van der Waals surface area contributed by atoms with Crippen LogP contribution in [0, 0.1) is 5.82 Å². The van der Waals surface area contributed by atoms with Gasteiger partial charge in [0, 0.05) is 24.0 Å². The Morgan fingerprint density at radius 2 is 2.25 bits per heavy atom. The number of nitrogens with zero attached hydrogens (tertiary/aromatic N) is 2. The van der Waals surface area contributed by atoms with Crippen LogP contribution in [0.4, 0.5) is 4.39 Å². The van der Waals surface area contributed by atoms with Crippen molar-refractivity contribution in [1.29, 1.82) is 0 Å². The molecule has 5 nitrogen and oxygen atoms in total. The Bertz CT molecular complexity index is 796. The summed E-state index contributed by atoms with van der Waals surface area (Å²) in [7, 11) is 0. The van der Waals surface area contributed by atoms with E-state index in [2.05, 4.69) is 5.16 Å². The molecule has 0 saturated carbocycles. The van der Waals surface area contributed by atoms with Crippen LogP contribution >= 0.6 is 0 Å². The molecule has 126 valence electrons. The second-order valence-corrected chi connectivity index (χ2v) is 5.74. The SMILES string of the molecule is CCOC(=O)c1cn(Cc2cccc(F)c2)c2c1/C(=N\O)CCC2. The number of carbonyl (C=O) groups excluding carboxylic acids is 1. The molecule has 24 heavy (non-hydrogen) atoms. The van der Waals surface area contributed by atoms with Crippen molar-refractivity contribution in [2.75, 3.05) is 6.61 Å². The minimum atomic E-state index is -0.435. The topological polar surface area (TPSA) is 63.8 Å². The van der Waals surface area contributed by atoms with Gasteiger partial charge in [0.25, 0.3) is 0 Å². The molecule has 3 rings (SSSR count). The zero-order valence-electron chi connectivity index (χ0n) is 13.5. The van der Waals surface area contributed by atoms with E-state index < -0.39 is 5.97 Å². The number of ether oxygens (including phenoxy) is 1. The van der Waals surface area contributed by atoms with E-state index in [0.717, 1.165) is 24.1 Å². The van der Waals surface area contributed by atoms with Crippen LogP contribution in [0.15, 0.2) is 35.6 Å². The molecule has 0 amide bonds. The van der Waals surface area contributed by atoms with Crippen molar-refractivity contribution < 1.29 is 19.1 Å². The van der Waals surface area contributed by atoms with E-state index in [-0.39, 0.29) is 12.4 Å². The van der Waals surface area contributed by atoms with Crippen LogP contribution in [0.1, 0.15) is 46.9 Å². The maximum atomic E-state index is 13.4. The van der Waals surface area contributed by atoms with Gasteiger partial charge in [-0.1, -0.05) is 17.3 Å². The highest BCUT2D eigenvalue weighted by Gasteiger charge is 2.28. The van der Waals surface area contributed by atoms with Gasteiger partial charge >= 0.3 is 5.97 Å². The largest absolute Gasteiger partial charge is 0.462 e. The summed E-state index contributed by atoms with van der Waals surface area (Å²) in [6, 6.07) is 6.37. The lowest BCUT2D eigenvalue weighted by Crippen LogP contribution is -2.17. The van der Waals surface area contributed by atoms with Gasteiger partial charge in [0.15, 0.2) is 0 Å². The fourth-order valence-electron chi connectivity index (χ4n) is 3.17. The van der Waals surface area contributed by atoms with Crippen LogP contribution in [0.5, 0.6) is 0 Å². The third-order valence-electron chi connectivity index (χ3n) is 4.16. The maximum Gasteiger partial charge on any atom is 0.340 e. The first-order chi connectivity index (χ1) is 11.6. The van der Waals surface area contributed by atoms with E-state index in [1.807, 2.05) is 10.6 Å². The molecule has 1 aliphatic carbocycles. The first-order valence-electron chi connectivity index (χ1n) is 7.99. The summed E-state index contributed by atoms with van der Waals surface area (Å²) in [5.74, 6) is -0.730. The van der Waals surface area contributed by atoms with Crippen LogP contribution in [0.2, 0.25) is 0 Å². The molecular weight excluding hydrogens is 311 g/mol. The van der Waals surface area contributed by atoms with Crippen LogP contribution in [0.3, 0.4) is 0 Å². The monoisotopic (exact) mass is 330 g/mol. The van der Waals surface area contributed by atoms with E-state index in [4.69, 9.17) is 4.74 Å². The van der Waals surface area contributed by atoms with Gasteiger partial charge in [0.05, 0.1) is 17.9 Å². The number of rotatable bonds is 4. The van der Waals surface area contributed by atoms with E-state index in [9.17, 15) is 14.4 Å². The van der Waals surface area contributed by atoms with Gasteiger partial charge in [-0.15, -0.1) is 0 Å². The van der Waals surface area contributed by atoms with Crippen molar-refractivity contribution in [2.24, 2.45) is 5.16 Å².